The number of rotatable bonds is 4. The fraction of sp³-hybridized carbons (Fsp3) is 0.533. The smallest absolute Gasteiger partial charge is 0.317 e. The van der Waals surface area contributed by atoms with Crippen molar-refractivity contribution >= 4 is 6.03 Å². The lowest BCUT2D eigenvalue weighted by Gasteiger charge is -2.27. The molecule has 0 aromatic heterocycles. The molecule has 2 amide bonds. The third-order valence-electron chi connectivity index (χ3n) is 3.41. The van der Waals surface area contributed by atoms with Gasteiger partial charge in [-0.1, -0.05) is 37.6 Å². The minimum Gasteiger partial charge on any atom is -0.334 e. The number of carbonyl (C=O) groups is 1. The van der Waals surface area contributed by atoms with Crippen molar-refractivity contribution in [1.82, 2.24) is 15.5 Å². The van der Waals surface area contributed by atoms with Crippen molar-refractivity contribution in [1.29, 1.82) is 0 Å². The second-order valence-electron chi connectivity index (χ2n) is 4.96. The Balaban J connectivity index is 1.79. The van der Waals surface area contributed by atoms with Gasteiger partial charge in [0.1, 0.15) is 0 Å². The molecular weight excluding hydrogens is 238 g/mol. The number of aryl methyl sites for hydroxylation is 1. The summed E-state index contributed by atoms with van der Waals surface area (Å²) < 4.78 is 0. The van der Waals surface area contributed by atoms with Crippen molar-refractivity contribution in [2.75, 3.05) is 26.2 Å². The maximum absolute atomic E-state index is 11.9. The van der Waals surface area contributed by atoms with Crippen molar-refractivity contribution in [2.24, 2.45) is 0 Å². The summed E-state index contributed by atoms with van der Waals surface area (Å²) in [5.41, 5.74) is 2.52. The van der Waals surface area contributed by atoms with Crippen LogP contribution in [0.5, 0.6) is 0 Å². The van der Waals surface area contributed by atoms with Crippen molar-refractivity contribution in [3.05, 3.63) is 35.4 Å². The molecule has 104 valence electrons. The van der Waals surface area contributed by atoms with Gasteiger partial charge < -0.3 is 15.5 Å². The van der Waals surface area contributed by atoms with Gasteiger partial charge in [0.15, 0.2) is 0 Å². The number of piperazine rings is 1. The highest BCUT2D eigenvalue weighted by Crippen LogP contribution is 2.06. The highest BCUT2D eigenvalue weighted by molar-refractivity contribution is 5.74. The number of urea groups is 1. The standard InChI is InChI=1S/C15H23N3O/c1-2-3-13-4-6-14(7-5-13)12-17-15(19)18-10-8-16-9-11-18/h4-7,16H,2-3,8-12H2,1H3,(H,17,19). The molecule has 19 heavy (non-hydrogen) atoms. The third kappa shape index (κ3) is 4.24. The summed E-state index contributed by atoms with van der Waals surface area (Å²) in [6.07, 6.45) is 2.28. The number of hydrogen-bond acceptors (Lipinski definition) is 2. The van der Waals surface area contributed by atoms with E-state index in [4.69, 9.17) is 0 Å². The normalized spacial score (nSPS) is 15.3. The first-order valence-electron chi connectivity index (χ1n) is 7.11. The van der Waals surface area contributed by atoms with Gasteiger partial charge in [-0.2, -0.15) is 0 Å². The van der Waals surface area contributed by atoms with Crippen LogP contribution in [0.1, 0.15) is 24.5 Å². The fourth-order valence-electron chi connectivity index (χ4n) is 2.27. The van der Waals surface area contributed by atoms with Crippen LogP contribution in [0.4, 0.5) is 4.79 Å². The molecule has 0 aliphatic carbocycles. The van der Waals surface area contributed by atoms with Gasteiger partial charge in [-0.15, -0.1) is 0 Å². The Hall–Kier alpha value is -1.55. The number of nitrogens with one attached hydrogen (secondary N) is 2. The van der Waals surface area contributed by atoms with E-state index < -0.39 is 0 Å². The van der Waals surface area contributed by atoms with Crippen molar-refractivity contribution in [3.8, 4) is 0 Å². The Bertz CT molecular complexity index is 396. The zero-order chi connectivity index (χ0) is 13.5. The van der Waals surface area contributed by atoms with E-state index in [0.29, 0.717) is 6.54 Å². The van der Waals surface area contributed by atoms with Crippen LogP contribution >= 0.6 is 0 Å². The maximum atomic E-state index is 11.9. The van der Waals surface area contributed by atoms with Crippen LogP contribution in [0.3, 0.4) is 0 Å². The van der Waals surface area contributed by atoms with Crippen LogP contribution < -0.4 is 10.6 Å². The van der Waals surface area contributed by atoms with E-state index in [0.717, 1.165) is 38.2 Å². The summed E-state index contributed by atoms with van der Waals surface area (Å²) in [7, 11) is 0. The molecule has 0 radical (unpaired) electrons. The molecule has 1 heterocycles. The highest BCUT2D eigenvalue weighted by atomic mass is 16.2. The number of nitrogens with zero attached hydrogens (tertiary/aromatic N) is 1. The Morgan fingerprint density at radius 3 is 2.47 bits per heavy atom. The van der Waals surface area contributed by atoms with Crippen molar-refractivity contribution < 1.29 is 4.79 Å². The van der Waals surface area contributed by atoms with E-state index >= 15 is 0 Å². The Kier molecular flexibility index (Phi) is 5.21. The first-order valence-corrected chi connectivity index (χ1v) is 7.11. The molecule has 1 saturated heterocycles. The zero-order valence-corrected chi connectivity index (χ0v) is 11.6. The highest BCUT2D eigenvalue weighted by Gasteiger charge is 2.15. The average molecular weight is 261 g/mol. The minimum atomic E-state index is 0.0409. The lowest BCUT2D eigenvalue weighted by atomic mass is 10.1. The molecule has 0 saturated carbocycles. The first-order chi connectivity index (χ1) is 9.29. The summed E-state index contributed by atoms with van der Waals surface area (Å²) in [6, 6.07) is 8.54. The van der Waals surface area contributed by atoms with Crippen molar-refractivity contribution in [3.63, 3.8) is 0 Å². The van der Waals surface area contributed by atoms with E-state index in [1.54, 1.807) is 0 Å². The molecule has 1 aliphatic rings. The second kappa shape index (κ2) is 7.14. The van der Waals surface area contributed by atoms with E-state index in [1.807, 2.05) is 4.90 Å². The predicted molar refractivity (Wildman–Crippen MR) is 77.1 cm³/mol. The van der Waals surface area contributed by atoms with Gasteiger partial charge in [-0.05, 0) is 17.5 Å². The fourth-order valence-corrected chi connectivity index (χ4v) is 2.27. The summed E-state index contributed by atoms with van der Waals surface area (Å²) in [5, 5.41) is 6.22. The number of carbonyl (C=O) groups excluding carboxylic acids is 1. The van der Waals surface area contributed by atoms with Crippen LogP contribution in [-0.2, 0) is 13.0 Å². The molecule has 0 atom stereocenters. The van der Waals surface area contributed by atoms with E-state index in [-0.39, 0.29) is 6.03 Å². The molecule has 1 fully saturated rings. The largest absolute Gasteiger partial charge is 0.334 e. The van der Waals surface area contributed by atoms with Crippen molar-refractivity contribution in [2.45, 2.75) is 26.3 Å². The Morgan fingerprint density at radius 1 is 1.21 bits per heavy atom. The van der Waals surface area contributed by atoms with Gasteiger partial charge in [0.25, 0.3) is 0 Å². The summed E-state index contributed by atoms with van der Waals surface area (Å²) in [5.74, 6) is 0. The van der Waals surface area contributed by atoms with Crippen LogP contribution in [0.15, 0.2) is 24.3 Å². The molecule has 2 N–H and O–H groups in total. The van der Waals surface area contributed by atoms with Gasteiger partial charge in [0, 0.05) is 32.7 Å². The molecule has 4 nitrogen and oxygen atoms in total. The third-order valence-corrected chi connectivity index (χ3v) is 3.41. The monoisotopic (exact) mass is 261 g/mol. The Labute approximate surface area is 115 Å². The molecule has 0 unspecified atom stereocenters. The molecule has 4 heteroatoms. The van der Waals surface area contributed by atoms with Gasteiger partial charge in [-0.3, -0.25) is 0 Å². The zero-order valence-electron chi connectivity index (χ0n) is 11.6. The average Bonchev–Trinajstić information content (AvgIpc) is 2.47. The van der Waals surface area contributed by atoms with Gasteiger partial charge >= 0.3 is 6.03 Å². The first kappa shape index (κ1) is 13.9. The summed E-state index contributed by atoms with van der Waals surface area (Å²) in [4.78, 5) is 13.8. The minimum absolute atomic E-state index is 0.0409. The van der Waals surface area contributed by atoms with Crippen LogP contribution in [-0.4, -0.2) is 37.1 Å². The maximum Gasteiger partial charge on any atom is 0.317 e. The van der Waals surface area contributed by atoms with E-state index in [1.165, 1.54) is 12.0 Å². The topological polar surface area (TPSA) is 44.4 Å². The van der Waals surface area contributed by atoms with Crippen LogP contribution in [0.2, 0.25) is 0 Å². The predicted octanol–water partition coefficient (Wildman–Crippen LogP) is 1.75. The molecule has 1 aromatic rings. The molecule has 1 aromatic carbocycles. The molecule has 0 spiro atoms. The second-order valence-corrected chi connectivity index (χ2v) is 4.96. The van der Waals surface area contributed by atoms with Crippen LogP contribution in [0.25, 0.3) is 0 Å². The van der Waals surface area contributed by atoms with Crippen LogP contribution in [0, 0.1) is 0 Å². The molecular formula is C15H23N3O. The summed E-state index contributed by atoms with van der Waals surface area (Å²) >= 11 is 0. The number of amides is 2. The lowest BCUT2D eigenvalue weighted by molar-refractivity contribution is 0.190. The van der Waals surface area contributed by atoms with Gasteiger partial charge in [0.05, 0.1) is 0 Å². The lowest BCUT2D eigenvalue weighted by Crippen LogP contribution is -2.50. The molecule has 2 rings (SSSR count). The quantitative estimate of drug-likeness (QED) is 0.867. The molecule has 0 bridgehead atoms. The number of hydrogen-bond donors (Lipinski definition) is 2. The van der Waals surface area contributed by atoms with E-state index in [2.05, 4.69) is 41.8 Å². The Morgan fingerprint density at radius 2 is 1.84 bits per heavy atom. The molecule has 1 aliphatic heterocycles. The van der Waals surface area contributed by atoms with Gasteiger partial charge in [-0.25, -0.2) is 4.79 Å². The SMILES string of the molecule is CCCc1ccc(CNC(=O)N2CCNCC2)cc1. The number of benzene rings is 1. The summed E-state index contributed by atoms with van der Waals surface area (Å²) in [6.45, 7) is 6.15. The van der Waals surface area contributed by atoms with E-state index in [9.17, 15) is 4.79 Å². The van der Waals surface area contributed by atoms with Gasteiger partial charge in [0.2, 0.25) is 0 Å².